The van der Waals surface area contributed by atoms with Crippen LogP contribution in [0.25, 0.3) is 0 Å². The molecule has 2 fully saturated rings. The lowest BCUT2D eigenvalue weighted by molar-refractivity contribution is -0.150. The minimum atomic E-state index is -0.340. The van der Waals surface area contributed by atoms with Crippen LogP contribution in [0, 0.1) is 5.92 Å². The van der Waals surface area contributed by atoms with Gasteiger partial charge in [0, 0.05) is 6.61 Å². The van der Waals surface area contributed by atoms with E-state index in [1.807, 2.05) is 13.8 Å². The first kappa shape index (κ1) is 11.4. The zero-order valence-corrected chi connectivity index (χ0v) is 9.73. The summed E-state index contributed by atoms with van der Waals surface area (Å²) in [5.41, 5.74) is 0. The lowest BCUT2D eigenvalue weighted by Crippen LogP contribution is -2.63. The molecule has 1 N–H and O–H groups in total. The molecule has 90 valence electrons. The highest BCUT2D eigenvalue weighted by Crippen LogP contribution is 2.22. The summed E-state index contributed by atoms with van der Waals surface area (Å²) in [6.07, 6.45) is 0.836. The third kappa shape index (κ3) is 1.91. The van der Waals surface area contributed by atoms with Crippen molar-refractivity contribution in [2.45, 2.75) is 32.4 Å². The molecule has 0 aromatic rings. The second-order valence-corrected chi connectivity index (χ2v) is 4.73. The van der Waals surface area contributed by atoms with Gasteiger partial charge in [-0.15, -0.1) is 0 Å². The number of ether oxygens (including phenoxy) is 1. The molecule has 0 radical (unpaired) electrons. The minimum absolute atomic E-state index is 0.00815. The number of nitrogens with one attached hydrogen (secondary N) is 1. The summed E-state index contributed by atoms with van der Waals surface area (Å²) in [6.45, 7) is 5.29. The predicted molar refractivity (Wildman–Crippen MR) is 57.7 cm³/mol. The van der Waals surface area contributed by atoms with E-state index in [4.69, 9.17) is 4.74 Å². The van der Waals surface area contributed by atoms with Crippen molar-refractivity contribution in [2.24, 2.45) is 5.92 Å². The number of amides is 2. The first-order valence-corrected chi connectivity index (χ1v) is 5.78. The van der Waals surface area contributed by atoms with Crippen molar-refractivity contribution in [3.63, 3.8) is 0 Å². The Kier molecular flexibility index (Phi) is 3.14. The van der Waals surface area contributed by atoms with Crippen LogP contribution in [0.3, 0.4) is 0 Å². The quantitative estimate of drug-likeness (QED) is 0.707. The number of piperazine rings is 1. The van der Waals surface area contributed by atoms with Gasteiger partial charge in [0.15, 0.2) is 0 Å². The van der Waals surface area contributed by atoms with E-state index in [1.54, 1.807) is 4.90 Å². The fourth-order valence-electron chi connectivity index (χ4n) is 2.44. The maximum absolute atomic E-state index is 11.9. The molecule has 2 aliphatic rings. The molecule has 2 atom stereocenters. The van der Waals surface area contributed by atoms with Crippen LogP contribution in [-0.4, -0.2) is 48.6 Å². The van der Waals surface area contributed by atoms with E-state index in [9.17, 15) is 9.59 Å². The summed E-state index contributed by atoms with van der Waals surface area (Å²) in [4.78, 5) is 25.4. The lowest BCUT2D eigenvalue weighted by Gasteiger charge is -2.40. The SMILES string of the molecule is CC(C)C1C(=O)NCC(=O)N1C1CCOC1. The van der Waals surface area contributed by atoms with E-state index >= 15 is 0 Å². The number of hydrogen-bond acceptors (Lipinski definition) is 3. The number of carbonyl (C=O) groups excluding carboxylic acids is 2. The third-order valence-electron chi connectivity index (χ3n) is 3.20. The molecule has 2 heterocycles. The van der Waals surface area contributed by atoms with Crippen molar-refractivity contribution in [3.05, 3.63) is 0 Å². The highest BCUT2D eigenvalue weighted by Gasteiger charge is 2.41. The van der Waals surface area contributed by atoms with Crippen molar-refractivity contribution in [3.8, 4) is 0 Å². The fraction of sp³-hybridized carbons (Fsp3) is 0.818. The number of nitrogens with zero attached hydrogens (tertiary/aromatic N) is 1. The first-order valence-electron chi connectivity index (χ1n) is 5.78. The molecule has 16 heavy (non-hydrogen) atoms. The first-order chi connectivity index (χ1) is 7.61. The van der Waals surface area contributed by atoms with Gasteiger partial charge in [0.25, 0.3) is 0 Å². The Morgan fingerprint density at radius 2 is 2.19 bits per heavy atom. The zero-order chi connectivity index (χ0) is 11.7. The van der Waals surface area contributed by atoms with Crippen molar-refractivity contribution >= 4 is 11.8 Å². The molecule has 5 heteroatoms. The molecular formula is C11H18N2O3. The average molecular weight is 226 g/mol. The van der Waals surface area contributed by atoms with Gasteiger partial charge < -0.3 is 15.0 Å². The Hall–Kier alpha value is -1.10. The minimum Gasteiger partial charge on any atom is -0.379 e. The van der Waals surface area contributed by atoms with Gasteiger partial charge in [0.2, 0.25) is 11.8 Å². The molecule has 0 bridgehead atoms. The molecular weight excluding hydrogens is 208 g/mol. The summed E-state index contributed by atoms with van der Waals surface area (Å²) in [5.74, 6) is 0.0974. The van der Waals surface area contributed by atoms with Gasteiger partial charge in [-0.25, -0.2) is 0 Å². The number of rotatable bonds is 2. The molecule has 0 saturated carbocycles. The smallest absolute Gasteiger partial charge is 0.243 e. The maximum atomic E-state index is 11.9. The van der Waals surface area contributed by atoms with Gasteiger partial charge >= 0.3 is 0 Å². The highest BCUT2D eigenvalue weighted by atomic mass is 16.5. The molecule has 2 aliphatic heterocycles. The van der Waals surface area contributed by atoms with E-state index < -0.39 is 0 Å². The topological polar surface area (TPSA) is 58.6 Å². The second-order valence-electron chi connectivity index (χ2n) is 4.73. The third-order valence-corrected chi connectivity index (χ3v) is 3.20. The van der Waals surface area contributed by atoms with E-state index in [2.05, 4.69) is 5.32 Å². The van der Waals surface area contributed by atoms with Crippen LogP contribution >= 0.6 is 0 Å². The van der Waals surface area contributed by atoms with Gasteiger partial charge in [0.1, 0.15) is 6.04 Å². The fourth-order valence-corrected chi connectivity index (χ4v) is 2.44. The normalized spacial score (nSPS) is 31.1. The van der Waals surface area contributed by atoms with E-state index in [-0.39, 0.29) is 36.4 Å². The van der Waals surface area contributed by atoms with Crippen LogP contribution in [-0.2, 0) is 14.3 Å². The number of hydrogen-bond donors (Lipinski definition) is 1. The molecule has 0 spiro atoms. The molecule has 0 aliphatic carbocycles. The Morgan fingerprint density at radius 3 is 2.75 bits per heavy atom. The Bertz CT molecular complexity index is 298. The maximum Gasteiger partial charge on any atom is 0.243 e. The summed E-state index contributed by atoms with van der Waals surface area (Å²) in [6, 6.07) is -0.265. The highest BCUT2D eigenvalue weighted by molar-refractivity contribution is 5.95. The summed E-state index contributed by atoms with van der Waals surface area (Å²) < 4.78 is 5.30. The predicted octanol–water partition coefficient (Wildman–Crippen LogP) is -0.242. The van der Waals surface area contributed by atoms with Crippen LogP contribution in [0.15, 0.2) is 0 Å². The van der Waals surface area contributed by atoms with E-state index in [1.165, 1.54) is 0 Å². The van der Waals surface area contributed by atoms with Gasteiger partial charge in [-0.3, -0.25) is 9.59 Å². The van der Waals surface area contributed by atoms with Gasteiger partial charge in [-0.2, -0.15) is 0 Å². The molecule has 5 nitrogen and oxygen atoms in total. The zero-order valence-electron chi connectivity index (χ0n) is 9.73. The van der Waals surface area contributed by atoms with Crippen LogP contribution in [0.5, 0.6) is 0 Å². The summed E-state index contributed by atoms with van der Waals surface area (Å²) >= 11 is 0. The average Bonchev–Trinajstić information content (AvgIpc) is 2.73. The van der Waals surface area contributed by atoms with Crippen molar-refractivity contribution in [1.29, 1.82) is 0 Å². The number of carbonyl (C=O) groups is 2. The monoisotopic (exact) mass is 226 g/mol. The van der Waals surface area contributed by atoms with Crippen LogP contribution in [0.1, 0.15) is 20.3 Å². The Balaban J connectivity index is 2.20. The largest absolute Gasteiger partial charge is 0.379 e. The van der Waals surface area contributed by atoms with Gasteiger partial charge in [0.05, 0.1) is 19.2 Å². The van der Waals surface area contributed by atoms with Gasteiger partial charge in [-0.1, -0.05) is 13.8 Å². The van der Waals surface area contributed by atoms with Crippen molar-refractivity contribution in [2.75, 3.05) is 19.8 Å². The van der Waals surface area contributed by atoms with Crippen molar-refractivity contribution in [1.82, 2.24) is 10.2 Å². The Labute approximate surface area is 95.1 Å². The van der Waals surface area contributed by atoms with Crippen molar-refractivity contribution < 1.29 is 14.3 Å². The molecule has 2 rings (SSSR count). The molecule has 2 saturated heterocycles. The lowest BCUT2D eigenvalue weighted by atomic mass is 9.97. The van der Waals surface area contributed by atoms with Crippen LogP contribution in [0.2, 0.25) is 0 Å². The van der Waals surface area contributed by atoms with Gasteiger partial charge in [-0.05, 0) is 12.3 Å². The Morgan fingerprint density at radius 1 is 1.44 bits per heavy atom. The second kappa shape index (κ2) is 4.41. The van der Waals surface area contributed by atoms with E-state index in [0.29, 0.717) is 13.2 Å². The molecule has 0 aromatic heterocycles. The van der Waals surface area contributed by atoms with Crippen LogP contribution < -0.4 is 5.32 Å². The molecule has 0 aromatic carbocycles. The van der Waals surface area contributed by atoms with Crippen LogP contribution in [0.4, 0.5) is 0 Å². The standard InChI is InChI=1S/C11H18N2O3/c1-7(2)10-11(15)12-5-9(14)13(10)8-3-4-16-6-8/h7-8,10H,3-6H2,1-2H3,(H,12,15). The molecule has 2 amide bonds. The molecule has 2 unspecified atom stereocenters. The summed E-state index contributed by atoms with van der Waals surface area (Å²) in [5, 5.41) is 2.65. The summed E-state index contributed by atoms with van der Waals surface area (Å²) in [7, 11) is 0. The van der Waals surface area contributed by atoms with E-state index in [0.717, 1.165) is 6.42 Å².